The van der Waals surface area contributed by atoms with Crippen molar-refractivity contribution in [2.24, 2.45) is 0 Å². The Morgan fingerprint density at radius 1 is 0.692 bits per heavy atom. The van der Waals surface area contributed by atoms with Gasteiger partial charge in [0.05, 0.1) is 12.4 Å². The van der Waals surface area contributed by atoms with Crippen LogP contribution >= 0.6 is 0 Å². The van der Waals surface area contributed by atoms with Crippen molar-refractivity contribution in [1.82, 2.24) is 19.9 Å². The van der Waals surface area contributed by atoms with Gasteiger partial charge in [0.25, 0.3) is 0 Å². The molecule has 0 amide bonds. The molecule has 0 N–H and O–H groups in total. The van der Waals surface area contributed by atoms with Crippen LogP contribution in [0.1, 0.15) is 0 Å². The quantitative estimate of drug-likeness (QED) is 0.772. The van der Waals surface area contributed by atoms with E-state index in [1.165, 1.54) is 0 Å². The molecular weight excluding hydrogens is 338 g/mol. The van der Waals surface area contributed by atoms with Gasteiger partial charge in [-0.2, -0.15) is 0 Å². The SMILES string of the molecule is [Re].c1cnc(-c2cnccn2)cn1. The molecule has 5 heteroatoms. The van der Waals surface area contributed by atoms with Crippen LogP contribution in [0, 0.1) is 0 Å². The Bertz CT molecular complexity index is 314. The van der Waals surface area contributed by atoms with Gasteiger partial charge >= 0.3 is 0 Å². The van der Waals surface area contributed by atoms with Gasteiger partial charge in [-0.05, 0) is 0 Å². The van der Waals surface area contributed by atoms with Gasteiger partial charge < -0.3 is 0 Å². The molecular formula is C8H6N4Re. The third-order valence-electron chi connectivity index (χ3n) is 1.39. The normalized spacial score (nSPS) is 8.92. The van der Waals surface area contributed by atoms with Crippen molar-refractivity contribution in [1.29, 1.82) is 0 Å². The Labute approximate surface area is 89.1 Å². The van der Waals surface area contributed by atoms with Gasteiger partial charge in [-0.25, -0.2) is 0 Å². The number of hydrogen-bond donors (Lipinski definition) is 0. The molecule has 65 valence electrons. The van der Waals surface area contributed by atoms with Crippen LogP contribution in [0.3, 0.4) is 0 Å². The fourth-order valence-electron chi connectivity index (χ4n) is 0.863. The zero-order chi connectivity index (χ0) is 8.23. The van der Waals surface area contributed by atoms with Crippen molar-refractivity contribution in [3.8, 4) is 11.4 Å². The summed E-state index contributed by atoms with van der Waals surface area (Å²) in [6.07, 6.45) is 9.82. The van der Waals surface area contributed by atoms with Crippen molar-refractivity contribution >= 4 is 0 Å². The summed E-state index contributed by atoms with van der Waals surface area (Å²) in [5.74, 6) is 0. The average Bonchev–Trinajstić information content (AvgIpc) is 2.21. The van der Waals surface area contributed by atoms with Crippen LogP contribution in [-0.4, -0.2) is 19.9 Å². The smallest absolute Gasteiger partial charge is 0.108 e. The molecule has 0 bridgehead atoms. The third kappa shape index (κ3) is 2.38. The number of nitrogens with zero attached hydrogens (tertiary/aromatic N) is 4. The zero-order valence-electron chi connectivity index (χ0n) is 6.63. The largest absolute Gasteiger partial charge is 0.261 e. The summed E-state index contributed by atoms with van der Waals surface area (Å²) in [4.78, 5) is 16.0. The molecule has 0 saturated carbocycles. The van der Waals surface area contributed by atoms with E-state index in [1.54, 1.807) is 37.2 Å². The Morgan fingerprint density at radius 2 is 1.15 bits per heavy atom. The minimum Gasteiger partial charge on any atom is -0.261 e. The average molecular weight is 344 g/mol. The molecule has 0 aromatic carbocycles. The van der Waals surface area contributed by atoms with Crippen molar-refractivity contribution in [2.45, 2.75) is 0 Å². The van der Waals surface area contributed by atoms with Crippen molar-refractivity contribution in [3.63, 3.8) is 0 Å². The van der Waals surface area contributed by atoms with E-state index in [1.807, 2.05) is 0 Å². The van der Waals surface area contributed by atoms with E-state index in [0.717, 1.165) is 11.4 Å². The van der Waals surface area contributed by atoms with Crippen LogP contribution in [-0.2, 0) is 20.4 Å². The third-order valence-corrected chi connectivity index (χ3v) is 1.39. The molecule has 0 unspecified atom stereocenters. The maximum atomic E-state index is 4.08. The maximum Gasteiger partial charge on any atom is 0.108 e. The predicted molar refractivity (Wildman–Crippen MR) is 43.1 cm³/mol. The van der Waals surface area contributed by atoms with Crippen molar-refractivity contribution in [2.75, 3.05) is 0 Å². The number of hydrogen-bond acceptors (Lipinski definition) is 4. The van der Waals surface area contributed by atoms with E-state index in [-0.39, 0.29) is 20.4 Å². The van der Waals surface area contributed by atoms with Crippen LogP contribution < -0.4 is 0 Å². The summed E-state index contributed by atoms with van der Waals surface area (Å²) in [7, 11) is 0. The minimum absolute atomic E-state index is 0. The van der Waals surface area contributed by atoms with E-state index in [2.05, 4.69) is 19.9 Å². The standard InChI is InChI=1S/C8H6N4.Re/c1-3-11-7(5-9-1)8-6-10-2-4-12-8;/h1-6H;. The molecule has 0 saturated heterocycles. The molecule has 1 radical (unpaired) electrons. The maximum absolute atomic E-state index is 4.08. The summed E-state index contributed by atoms with van der Waals surface area (Å²) in [6, 6.07) is 0. The molecule has 0 atom stereocenters. The van der Waals surface area contributed by atoms with Gasteiger partial charge in [0.1, 0.15) is 11.4 Å². The van der Waals surface area contributed by atoms with Gasteiger partial charge in [0.15, 0.2) is 0 Å². The van der Waals surface area contributed by atoms with Crippen LogP contribution in [0.5, 0.6) is 0 Å². The van der Waals surface area contributed by atoms with Gasteiger partial charge in [0, 0.05) is 45.2 Å². The summed E-state index contributed by atoms with van der Waals surface area (Å²) in [5, 5.41) is 0. The summed E-state index contributed by atoms with van der Waals surface area (Å²) < 4.78 is 0. The van der Waals surface area contributed by atoms with Gasteiger partial charge in [-0.15, -0.1) is 0 Å². The molecule has 0 aliphatic carbocycles. The van der Waals surface area contributed by atoms with Gasteiger partial charge in [0.2, 0.25) is 0 Å². The topological polar surface area (TPSA) is 51.6 Å². The van der Waals surface area contributed by atoms with E-state index >= 15 is 0 Å². The minimum atomic E-state index is 0. The van der Waals surface area contributed by atoms with E-state index in [4.69, 9.17) is 0 Å². The molecule has 0 spiro atoms. The first kappa shape index (κ1) is 9.91. The molecule has 0 fully saturated rings. The number of aromatic nitrogens is 4. The van der Waals surface area contributed by atoms with E-state index < -0.39 is 0 Å². The fourth-order valence-corrected chi connectivity index (χ4v) is 0.863. The summed E-state index contributed by atoms with van der Waals surface area (Å²) >= 11 is 0. The van der Waals surface area contributed by atoms with E-state index in [9.17, 15) is 0 Å². The second-order valence-corrected chi connectivity index (χ2v) is 2.18. The molecule has 2 heterocycles. The van der Waals surface area contributed by atoms with Crippen LogP contribution in [0.2, 0.25) is 0 Å². The molecule has 13 heavy (non-hydrogen) atoms. The molecule has 0 aliphatic heterocycles. The van der Waals surface area contributed by atoms with Gasteiger partial charge in [-0.1, -0.05) is 0 Å². The van der Waals surface area contributed by atoms with Crippen LogP contribution in [0.25, 0.3) is 11.4 Å². The number of rotatable bonds is 1. The summed E-state index contributed by atoms with van der Waals surface area (Å²) in [6.45, 7) is 0. The van der Waals surface area contributed by atoms with Crippen molar-refractivity contribution < 1.29 is 20.4 Å². The molecule has 2 aromatic rings. The first-order valence-electron chi connectivity index (χ1n) is 3.49. The Hall–Kier alpha value is -1.18. The second-order valence-electron chi connectivity index (χ2n) is 2.18. The zero-order valence-corrected chi connectivity index (χ0v) is 9.35. The Morgan fingerprint density at radius 3 is 1.46 bits per heavy atom. The predicted octanol–water partition coefficient (Wildman–Crippen LogP) is 0.931. The van der Waals surface area contributed by atoms with Crippen LogP contribution in [0.15, 0.2) is 37.2 Å². The first-order chi connectivity index (χ1) is 5.97. The molecule has 4 nitrogen and oxygen atoms in total. The van der Waals surface area contributed by atoms with Gasteiger partial charge in [-0.3, -0.25) is 19.9 Å². The van der Waals surface area contributed by atoms with Crippen molar-refractivity contribution in [3.05, 3.63) is 37.2 Å². The fraction of sp³-hybridized carbons (Fsp3) is 0. The Balaban J connectivity index is 0.000000845. The first-order valence-corrected chi connectivity index (χ1v) is 3.49. The van der Waals surface area contributed by atoms with E-state index in [0.29, 0.717) is 0 Å². The molecule has 0 aliphatic rings. The second kappa shape index (κ2) is 4.75. The monoisotopic (exact) mass is 345 g/mol. The molecule has 2 rings (SSSR count). The van der Waals surface area contributed by atoms with Crippen LogP contribution in [0.4, 0.5) is 0 Å². The Kier molecular flexibility index (Phi) is 3.62. The summed E-state index contributed by atoms with van der Waals surface area (Å²) in [5.41, 5.74) is 1.48. The molecule has 2 aromatic heterocycles.